The van der Waals surface area contributed by atoms with Crippen LogP contribution in [0.3, 0.4) is 0 Å². The van der Waals surface area contributed by atoms with Gasteiger partial charge >= 0.3 is 41.5 Å². The number of anilines is 1. The van der Waals surface area contributed by atoms with E-state index < -0.39 is 121 Å². The lowest BCUT2D eigenvalue weighted by Crippen LogP contribution is -2.44. The molecule has 0 aliphatic carbocycles. The van der Waals surface area contributed by atoms with Crippen molar-refractivity contribution in [2.45, 2.75) is 89.2 Å². The number of aromatic amines is 1. The highest BCUT2D eigenvalue weighted by molar-refractivity contribution is 8.76. The Balaban J connectivity index is 1.55. The number of ketones is 1. The summed E-state index contributed by atoms with van der Waals surface area (Å²) < 4.78 is 66.7. The van der Waals surface area contributed by atoms with Crippen LogP contribution in [0, 0.1) is 5.92 Å². The summed E-state index contributed by atoms with van der Waals surface area (Å²) in [6.07, 6.45) is -7.07. The second-order valence-electron chi connectivity index (χ2n) is 12.9. The summed E-state index contributed by atoms with van der Waals surface area (Å²) >= 11 is 0. The van der Waals surface area contributed by atoms with Crippen molar-refractivity contribution in [1.82, 2.24) is 19.9 Å². The largest absolute Gasteiger partial charge is 0.490 e. The van der Waals surface area contributed by atoms with Crippen LogP contribution in [-0.4, -0.2) is 122 Å². The predicted molar refractivity (Wildman–Crippen MR) is 208 cm³/mol. The van der Waals surface area contributed by atoms with Crippen LogP contribution < -0.4 is 16.6 Å². The fourth-order valence-corrected chi connectivity index (χ4v) is 10.8. The number of aliphatic hydroxyl groups is 1. The predicted octanol–water partition coefficient (Wildman–Crippen LogP) is 1.80. The molecule has 0 bridgehead atoms. The molecule has 2 aromatic heterocycles. The summed E-state index contributed by atoms with van der Waals surface area (Å²) in [5.41, 5.74) is 4.45. The van der Waals surface area contributed by atoms with Gasteiger partial charge in [0, 0.05) is 43.9 Å². The monoisotopic (exact) mass is 956 g/mol. The Bertz CT molecular complexity index is 2140. The zero-order chi connectivity index (χ0) is 46.0. The summed E-state index contributed by atoms with van der Waals surface area (Å²) in [7, 11) is -14.4. The first-order valence-corrected chi connectivity index (χ1v) is 24.4. The Hall–Kier alpha value is -3.20. The van der Waals surface area contributed by atoms with E-state index in [4.69, 9.17) is 26.4 Å². The van der Waals surface area contributed by atoms with Crippen LogP contribution in [0.5, 0.6) is 0 Å². The lowest BCUT2D eigenvalue weighted by atomic mass is 9.95. The molecule has 1 saturated heterocycles. The molecule has 1 fully saturated rings. The van der Waals surface area contributed by atoms with Gasteiger partial charge in [-0.2, -0.15) is 8.62 Å². The number of carbonyl (C=O) groups excluding carboxylic acids is 3. The van der Waals surface area contributed by atoms with Gasteiger partial charge in [0.25, 0.3) is 5.56 Å². The van der Waals surface area contributed by atoms with E-state index in [2.05, 4.69) is 28.4 Å². The number of aliphatic carboxylic acids is 2. The third-order valence-corrected chi connectivity index (χ3v) is 14.5. The number of aromatic nitrogens is 3. The van der Waals surface area contributed by atoms with E-state index in [0.29, 0.717) is 12.2 Å². The van der Waals surface area contributed by atoms with Gasteiger partial charge in [0.15, 0.2) is 0 Å². The fourth-order valence-electron chi connectivity index (χ4n) is 5.40. The summed E-state index contributed by atoms with van der Waals surface area (Å²) in [4.78, 5) is 117. The topological polar surface area (TPSA) is 413 Å². The molecule has 9 atom stereocenters. The van der Waals surface area contributed by atoms with Gasteiger partial charge in [-0.25, -0.2) is 32.8 Å². The van der Waals surface area contributed by atoms with Crippen LogP contribution in [0.1, 0.15) is 71.8 Å². The Kier molecular flexibility index (Phi) is 18.3. The molecule has 0 radical (unpaired) electrons. The molecule has 60 heavy (non-hydrogen) atoms. The highest BCUT2D eigenvalue weighted by Crippen LogP contribution is 2.66. The number of fused-ring (bicyclic) bond motifs is 1. The number of nitrogens with one attached hydrogen (secondary N) is 2. The minimum atomic E-state index is -5.82. The van der Waals surface area contributed by atoms with Crippen LogP contribution in [-0.2, 0) is 55.5 Å². The normalized spacial score (nSPS) is 21.2. The lowest BCUT2D eigenvalue weighted by Gasteiger charge is -2.19. The number of amides is 1. The van der Waals surface area contributed by atoms with Gasteiger partial charge in [-0.3, -0.25) is 28.7 Å². The van der Waals surface area contributed by atoms with Crippen molar-refractivity contribution in [3.8, 4) is 0 Å². The molecule has 3 rings (SSSR count). The number of carbonyl (C=O) groups is 5. The van der Waals surface area contributed by atoms with E-state index in [1.165, 1.54) is 28.5 Å². The molecule has 11 N–H and O–H groups in total. The van der Waals surface area contributed by atoms with Crippen LogP contribution in [0.15, 0.2) is 11.0 Å². The van der Waals surface area contributed by atoms with Crippen molar-refractivity contribution >= 4 is 91.8 Å². The zero-order valence-corrected chi connectivity index (χ0v) is 35.8. The number of ether oxygens (including phenoxy) is 2. The molecule has 1 aliphatic heterocycles. The molecule has 1 aliphatic rings. The van der Waals surface area contributed by atoms with E-state index in [0.717, 1.165) is 10.8 Å². The SMILES string of the molecule is [2H]C(CCCSSCC(C)OC(=O)n1cc(C2CC(O)C(COP(=O)(O)OP(=O)(O)OP(=O)(O)O)O2)c2nc(N)[nH]c(=O)c21)C(=O)CC(CC(=O)O)C(=O)NC(CC)C(=O)O. The Labute approximate surface area is 348 Å². The molecule has 9 unspecified atom stereocenters. The third-order valence-electron chi connectivity index (χ3n) is 8.04. The Morgan fingerprint density at radius 1 is 1.10 bits per heavy atom. The minimum absolute atomic E-state index is 0.0327. The first kappa shape index (κ1) is 49.5. The molecule has 0 spiro atoms. The standard InChI is InChI=1S/C29H44N5O21P3S2/c1-3-18(27(41)42)31-25(39)15(9-22(37)38)8-16(35)6-4-5-7-59-60-13-14(2)52-29(43)34-11-17(23-24(34)26(40)33-28(30)32-23)20-10-19(36)21(53-20)12-51-57(47,48)55-58(49,50)54-56(44,45)46/h11,14-15,18-21,36H,3-10,12-13H2,1-2H3,(H,31,39)(H,37,38)(H,41,42)(H,47,48)(H,49,50)(H2,44,45,46)(H3,30,32,33,40)/i6D. The maximum atomic E-state index is 13.3. The molecule has 2 aromatic rings. The van der Waals surface area contributed by atoms with Gasteiger partial charge in [0.05, 0.1) is 31.2 Å². The van der Waals surface area contributed by atoms with E-state index >= 15 is 0 Å². The van der Waals surface area contributed by atoms with E-state index in [-0.39, 0.29) is 47.6 Å². The van der Waals surface area contributed by atoms with Crippen molar-refractivity contribution in [3.63, 3.8) is 0 Å². The number of rotatable bonds is 25. The van der Waals surface area contributed by atoms with Crippen molar-refractivity contribution < 1.29 is 96.6 Å². The van der Waals surface area contributed by atoms with Gasteiger partial charge in [-0.05, 0) is 26.2 Å². The van der Waals surface area contributed by atoms with Crippen LogP contribution in [0.2, 0.25) is 0 Å². The molecule has 3 heterocycles. The number of nitrogens with two attached hydrogens (primary N) is 1. The highest BCUT2D eigenvalue weighted by Gasteiger charge is 2.43. The summed E-state index contributed by atoms with van der Waals surface area (Å²) in [5.74, 6) is -5.33. The number of nitrogen functional groups attached to an aromatic ring is 1. The van der Waals surface area contributed by atoms with Gasteiger partial charge in [-0.1, -0.05) is 28.5 Å². The fraction of sp³-hybridized carbons (Fsp3) is 0.621. The maximum Gasteiger partial charge on any atom is 0.490 e. The molecular formula is C29H44N5O21P3S2. The van der Waals surface area contributed by atoms with Gasteiger partial charge in [-0.15, -0.1) is 0 Å². The second kappa shape index (κ2) is 22.2. The number of H-pyrrole nitrogens is 1. The molecule has 0 aromatic carbocycles. The van der Waals surface area contributed by atoms with E-state index in [1.54, 1.807) is 6.92 Å². The first-order valence-electron chi connectivity index (χ1n) is 18.0. The smallest absolute Gasteiger partial charge is 0.481 e. The van der Waals surface area contributed by atoms with Crippen LogP contribution >= 0.6 is 45.1 Å². The third kappa shape index (κ3) is 16.2. The first-order chi connectivity index (χ1) is 28.2. The quantitative estimate of drug-likeness (QED) is 0.0385. The summed E-state index contributed by atoms with van der Waals surface area (Å²) in [6, 6.07) is -1.26. The van der Waals surface area contributed by atoms with E-state index in [9.17, 15) is 67.6 Å². The van der Waals surface area contributed by atoms with Gasteiger partial charge in [0.1, 0.15) is 35.1 Å². The number of hydrogen-bond donors (Lipinski definition) is 10. The molecule has 1 amide bonds. The number of Topliss-reactive ketones (excluding diaryl/α,β-unsaturated/α-hetero) is 1. The van der Waals surface area contributed by atoms with Crippen LogP contribution in [0.25, 0.3) is 11.0 Å². The van der Waals surface area contributed by atoms with E-state index in [1.807, 2.05) is 0 Å². The summed E-state index contributed by atoms with van der Waals surface area (Å²) in [5, 5.41) is 31.2. The van der Waals surface area contributed by atoms with Crippen molar-refractivity contribution in [3.05, 3.63) is 22.1 Å². The molecular weight excluding hydrogens is 911 g/mol. The number of nitrogens with zero attached hydrogens (tertiary/aromatic N) is 2. The number of hydrogen-bond acceptors (Lipinski definition) is 19. The number of aliphatic hydroxyl groups excluding tert-OH is 1. The van der Waals surface area contributed by atoms with Crippen LogP contribution in [0.4, 0.5) is 10.7 Å². The summed E-state index contributed by atoms with van der Waals surface area (Å²) in [6.45, 7) is 2.07. The number of carboxylic acid groups (broad SMARTS) is 2. The zero-order valence-electron chi connectivity index (χ0n) is 32.5. The number of carboxylic acids is 2. The Morgan fingerprint density at radius 2 is 1.78 bits per heavy atom. The maximum absolute atomic E-state index is 13.3. The van der Waals surface area contributed by atoms with Gasteiger partial charge in [0.2, 0.25) is 11.9 Å². The average Bonchev–Trinajstić information content (AvgIpc) is 3.68. The molecule has 26 nitrogen and oxygen atoms in total. The number of phosphoric ester groups is 1. The molecule has 338 valence electrons. The number of phosphoric acid groups is 3. The second-order valence-corrected chi connectivity index (χ2v) is 19.9. The average molecular weight is 957 g/mol. The van der Waals surface area contributed by atoms with Crippen molar-refractivity contribution in [2.24, 2.45) is 5.92 Å². The molecule has 31 heteroatoms. The highest BCUT2D eigenvalue weighted by atomic mass is 33.1. The minimum Gasteiger partial charge on any atom is -0.481 e. The van der Waals surface area contributed by atoms with Crippen molar-refractivity contribution in [1.29, 1.82) is 0 Å². The van der Waals surface area contributed by atoms with Crippen molar-refractivity contribution in [2.75, 3.05) is 23.8 Å². The molecule has 0 saturated carbocycles. The Morgan fingerprint density at radius 3 is 2.40 bits per heavy atom. The van der Waals surface area contributed by atoms with Gasteiger partial charge < -0.3 is 55.4 Å². The lowest BCUT2D eigenvalue weighted by molar-refractivity contribution is -0.144.